The fourth-order valence-corrected chi connectivity index (χ4v) is 3.97. The Hall–Kier alpha value is -2.04. The van der Waals surface area contributed by atoms with Crippen LogP contribution >= 0.6 is 0 Å². The summed E-state index contributed by atoms with van der Waals surface area (Å²) in [6, 6.07) is 0. The van der Waals surface area contributed by atoms with Crippen LogP contribution in [0.3, 0.4) is 0 Å². The summed E-state index contributed by atoms with van der Waals surface area (Å²) in [7, 11) is 0. The fraction of sp³-hybridized carbons (Fsp3) is 0.586. The SMILES string of the molecule is CC1=C(C)C(=O)C(CCC(C)(O)CC/C=C(\C)CC/C=C(\C)CC/C=C(\C)CO)=C(C)C1=O. The summed E-state index contributed by atoms with van der Waals surface area (Å²) in [4.78, 5) is 24.9. The Morgan fingerprint density at radius 2 is 1.24 bits per heavy atom. The second-order valence-corrected chi connectivity index (χ2v) is 9.93. The summed E-state index contributed by atoms with van der Waals surface area (Å²) in [5.74, 6) is -0.111. The summed E-state index contributed by atoms with van der Waals surface area (Å²) < 4.78 is 0. The molecule has 0 fully saturated rings. The van der Waals surface area contributed by atoms with Gasteiger partial charge in [-0.1, -0.05) is 34.9 Å². The molecule has 0 saturated carbocycles. The van der Waals surface area contributed by atoms with Crippen molar-refractivity contribution in [3.63, 3.8) is 0 Å². The third kappa shape index (κ3) is 9.77. The monoisotopic (exact) mass is 456 g/mol. The number of aliphatic hydroxyl groups is 2. The molecule has 0 bridgehead atoms. The van der Waals surface area contributed by atoms with E-state index in [1.165, 1.54) is 11.1 Å². The predicted molar refractivity (Wildman–Crippen MR) is 137 cm³/mol. The minimum absolute atomic E-state index is 0.0543. The third-order valence-corrected chi connectivity index (χ3v) is 6.71. The molecule has 0 heterocycles. The molecule has 33 heavy (non-hydrogen) atoms. The van der Waals surface area contributed by atoms with E-state index >= 15 is 0 Å². The molecule has 0 radical (unpaired) electrons. The first kappa shape index (κ1) is 29.0. The molecule has 0 saturated heterocycles. The number of carbonyl (C=O) groups is 2. The highest BCUT2D eigenvalue weighted by Gasteiger charge is 2.29. The molecule has 0 aromatic carbocycles. The Bertz CT molecular complexity index is 875. The van der Waals surface area contributed by atoms with Crippen molar-refractivity contribution in [1.29, 1.82) is 0 Å². The van der Waals surface area contributed by atoms with Gasteiger partial charge in [0.25, 0.3) is 0 Å². The van der Waals surface area contributed by atoms with Crippen molar-refractivity contribution in [3.8, 4) is 0 Å². The molecule has 1 aliphatic rings. The van der Waals surface area contributed by atoms with Gasteiger partial charge in [-0.2, -0.15) is 0 Å². The quantitative estimate of drug-likeness (QED) is 0.245. The van der Waals surface area contributed by atoms with Gasteiger partial charge in [-0.15, -0.1) is 0 Å². The van der Waals surface area contributed by atoms with Crippen molar-refractivity contribution >= 4 is 11.6 Å². The van der Waals surface area contributed by atoms with E-state index in [9.17, 15) is 14.7 Å². The number of ketones is 2. The molecule has 1 unspecified atom stereocenters. The lowest BCUT2D eigenvalue weighted by molar-refractivity contribution is -0.116. The number of hydrogen-bond acceptors (Lipinski definition) is 4. The number of rotatable bonds is 13. The lowest BCUT2D eigenvalue weighted by Gasteiger charge is -2.25. The van der Waals surface area contributed by atoms with Crippen LogP contribution in [0.1, 0.15) is 99.8 Å². The summed E-state index contributed by atoms with van der Waals surface area (Å²) in [6.07, 6.45) is 12.8. The van der Waals surface area contributed by atoms with Crippen molar-refractivity contribution in [2.45, 2.75) is 105 Å². The minimum Gasteiger partial charge on any atom is -0.392 e. The molecule has 4 nitrogen and oxygen atoms in total. The number of hydrogen-bond donors (Lipinski definition) is 2. The maximum Gasteiger partial charge on any atom is 0.185 e. The number of allylic oxidation sites excluding steroid dienone is 9. The molecule has 0 spiro atoms. The Morgan fingerprint density at radius 3 is 1.79 bits per heavy atom. The van der Waals surface area contributed by atoms with Gasteiger partial charge in [0, 0.05) is 22.3 Å². The van der Waals surface area contributed by atoms with Gasteiger partial charge in [0.1, 0.15) is 0 Å². The normalized spacial score (nSPS) is 18.4. The molecule has 1 rings (SSSR count). The molecular weight excluding hydrogens is 412 g/mol. The number of aliphatic hydroxyl groups excluding tert-OH is 1. The highest BCUT2D eigenvalue weighted by Crippen LogP contribution is 2.30. The van der Waals surface area contributed by atoms with E-state index in [1.54, 1.807) is 20.8 Å². The lowest BCUT2D eigenvalue weighted by Crippen LogP contribution is -2.26. The maximum atomic E-state index is 12.6. The van der Waals surface area contributed by atoms with Gasteiger partial charge in [-0.05, 0) is 99.8 Å². The molecule has 4 heteroatoms. The predicted octanol–water partition coefficient (Wildman–Crippen LogP) is 6.49. The highest BCUT2D eigenvalue weighted by atomic mass is 16.3. The highest BCUT2D eigenvalue weighted by molar-refractivity contribution is 6.24. The topological polar surface area (TPSA) is 74.6 Å². The van der Waals surface area contributed by atoms with E-state index in [-0.39, 0.29) is 18.2 Å². The largest absolute Gasteiger partial charge is 0.392 e. The van der Waals surface area contributed by atoms with E-state index in [1.807, 2.05) is 13.8 Å². The molecular formula is C29H44O4. The zero-order valence-corrected chi connectivity index (χ0v) is 21.8. The van der Waals surface area contributed by atoms with E-state index in [2.05, 4.69) is 32.1 Å². The molecule has 184 valence electrons. The zero-order valence-electron chi connectivity index (χ0n) is 21.8. The molecule has 1 aliphatic carbocycles. The van der Waals surface area contributed by atoms with Gasteiger partial charge in [-0.3, -0.25) is 9.59 Å². The van der Waals surface area contributed by atoms with E-state index in [0.717, 1.165) is 37.7 Å². The first-order chi connectivity index (χ1) is 15.4. The Labute approximate surface area is 200 Å². The van der Waals surface area contributed by atoms with Gasteiger partial charge in [-0.25, -0.2) is 0 Å². The van der Waals surface area contributed by atoms with Gasteiger partial charge in [0.2, 0.25) is 0 Å². The van der Waals surface area contributed by atoms with Crippen LogP contribution in [0.15, 0.2) is 57.2 Å². The average Bonchev–Trinajstić information content (AvgIpc) is 2.76. The Morgan fingerprint density at radius 1 is 0.758 bits per heavy atom. The molecule has 1 atom stereocenters. The van der Waals surface area contributed by atoms with Crippen LogP contribution in [-0.4, -0.2) is 34.0 Å². The van der Waals surface area contributed by atoms with Crippen LogP contribution < -0.4 is 0 Å². The smallest absolute Gasteiger partial charge is 0.185 e. The van der Waals surface area contributed by atoms with E-state index in [0.29, 0.717) is 41.6 Å². The zero-order chi connectivity index (χ0) is 25.2. The van der Waals surface area contributed by atoms with Gasteiger partial charge in [0.05, 0.1) is 12.2 Å². The summed E-state index contributed by atoms with van der Waals surface area (Å²) in [5.41, 5.74) is 4.96. The summed E-state index contributed by atoms with van der Waals surface area (Å²) in [5, 5.41) is 19.8. The molecule has 0 aliphatic heterocycles. The van der Waals surface area contributed by atoms with Crippen LogP contribution in [0.25, 0.3) is 0 Å². The van der Waals surface area contributed by atoms with Crippen molar-refractivity contribution in [3.05, 3.63) is 57.2 Å². The van der Waals surface area contributed by atoms with Crippen LogP contribution in [-0.2, 0) is 9.59 Å². The lowest BCUT2D eigenvalue weighted by atomic mass is 9.82. The maximum absolute atomic E-state index is 12.6. The van der Waals surface area contributed by atoms with Crippen molar-refractivity contribution < 1.29 is 19.8 Å². The van der Waals surface area contributed by atoms with Gasteiger partial charge < -0.3 is 10.2 Å². The third-order valence-electron chi connectivity index (χ3n) is 6.71. The first-order valence-corrected chi connectivity index (χ1v) is 12.2. The van der Waals surface area contributed by atoms with Gasteiger partial charge in [0.15, 0.2) is 11.6 Å². The van der Waals surface area contributed by atoms with Crippen LogP contribution in [0, 0.1) is 0 Å². The summed E-state index contributed by atoms with van der Waals surface area (Å²) in [6.45, 7) is 13.3. The summed E-state index contributed by atoms with van der Waals surface area (Å²) >= 11 is 0. The fourth-order valence-electron chi connectivity index (χ4n) is 3.97. The molecule has 0 aromatic rings. The Kier molecular flexibility index (Phi) is 12.0. The van der Waals surface area contributed by atoms with Gasteiger partial charge >= 0.3 is 0 Å². The molecule has 0 aromatic heterocycles. The minimum atomic E-state index is -0.881. The van der Waals surface area contributed by atoms with Crippen LogP contribution in [0.5, 0.6) is 0 Å². The molecule has 2 N–H and O–H groups in total. The molecule has 0 amide bonds. The van der Waals surface area contributed by atoms with E-state index < -0.39 is 5.60 Å². The Balaban J connectivity index is 2.47. The number of Topliss-reactive ketones (excluding diaryl/α,β-unsaturated/α-hetero) is 2. The van der Waals surface area contributed by atoms with Crippen molar-refractivity contribution in [2.75, 3.05) is 6.61 Å². The van der Waals surface area contributed by atoms with Crippen LogP contribution in [0.4, 0.5) is 0 Å². The second-order valence-electron chi connectivity index (χ2n) is 9.93. The second kappa shape index (κ2) is 13.6. The van der Waals surface area contributed by atoms with Crippen LogP contribution in [0.2, 0.25) is 0 Å². The number of carbonyl (C=O) groups excluding carboxylic acids is 2. The van der Waals surface area contributed by atoms with Crippen molar-refractivity contribution in [1.82, 2.24) is 0 Å². The average molecular weight is 457 g/mol. The van der Waals surface area contributed by atoms with E-state index in [4.69, 9.17) is 5.11 Å². The van der Waals surface area contributed by atoms with Crippen molar-refractivity contribution in [2.24, 2.45) is 0 Å². The first-order valence-electron chi connectivity index (χ1n) is 12.2. The standard InChI is InChI=1S/C29H44O4/c1-20(13-9-14-22(3)19-30)11-8-12-21(2)15-10-17-29(7,33)18-16-26-25(6)27(31)23(4)24(5)28(26)32/h11,14-15,30,33H,8-10,12-13,16-19H2,1-7H3/b20-11+,21-15+,22-14+.